The quantitative estimate of drug-likeness (QED) is 0.618. The second-order valence-electron chi connectivity index (χ2n) is 3.09. The largest absolute Gasteiger partial charge is 0.479 e. The maximum Gasteiger partial charge on any atom is 0.335 e. The predicted molar refractivity (Wildman–Crippen MR) is 47.5 cm³/mol. The van der Waals surface area contributed by atoms with E-state index >= 15 is 0 Å². The maximum absolute atomic E-state index is 12.6. The van der Waals surface area contributed by atoms with Crippen molar-refractivity contribution in [3.05, 3.63) is 29.3 Å². The topological polar surface area (TPSA) is 90.7 Å². The Morgan fingerprint density at radius 2 is 2.13 bits per heavy atom. The van der Waals surface area contributed by atoms with Gasteiger partial charge in [0.2, 0.25) is 5.95 Å². The molecule has 15 heavy (non-hydrogen) atoms. The maximum atomic E-state index is 12.6. The molecule has 0 aliphatic carbocycles. The number of pyridine rings is 1. The summed E-state index contributed by atoms with van der Waals surface area (Å²) in [5, 5.41) is 27.0. The van der Waals surface area contributed by atoms with Gasteiger partial charge in [-0.05, 0) is 18.6 Å². The van der Waals surface area contributed by atoms with Crippen LogP contribution in [0.15, 0.2) is 12.3 Å². The number of hydrogen-bond acceptors (Lipinski definition) is 4. The first-order valence-corrected chi connectivity index (χ1v) is 4.14. The first-order valence-electron chi connectivity index (χ1n) is 4.14. The number of halogens is 1. The van der Waals surface area contributed by atoms with Crippen LogP contribution in [0.2, 0.25) is 0 Å². The minimum absolute atomic E-state index is 0.0892. The molecule has 2 unspecified atom stereocenters. The number of nitrogens with zero attached hydrogens (tertiary/aromatic N) is 1. The van der Waals surface area contributed by atoms with E-state index in [1.54, 1.807) is 0 Å². The van der Waals surface area contributed by atoms with Crippen molar-refractivity contribution in [2.75, 3.05) is 0 Å². The molecule has 0 saturated heterocycles. The average molecular weight is 215 g/mol. The Morgan fingerprint density at radius 3 is 2.60 bits per heavy atom. The molecule has 1 rings (SSSR count). The fraction of sp³-hybridized carbons (Fsp3) is 0.333. The number of aliphatic hydroxyl groups is 2. The van der Waals surface area contributed by atoms with Crippen LogP contribution in [0, 0.1) is 12.9 Å². The number of carbonyl (C=O) groups is 1. The highest BCUT2D eigenvalue weighted by molar-refractivity contribution is 5.73. The molecular weight excluding hydrogens is 205 g/mol. The van der Waals surface area contributed by atoms with Crippen LogP contribution in [-0.2, 0) is 4.79 Å². The van der Waals surface area contributed by atoms with E-state index in [0.29, 0.717) is 5.56 Å². The van der Waals surface area contributed by atoms with Crippen LogP contribution < -0.4 is 0 Å². The minimum Gasteiger partial charge on any atom is -0.479 e. The van der Waals surface area contributed by atoms with Gasteiger partial charge in [0.15, 0.2) is 6.10 Å². The first-order chi connectivity index (χ1) is 6.93. The van der Waals surface area contributed by atoms with Gasteiger partial charge >= 0.3 is 5.97 Å². The van der Waals surface area contributed by atoms with Gasteiger partial charge < -0.3 is 15.3 Å². The molecule has 0 fully saturated rings. The number of carboxylic acids is 1. The molecule has 6 heteroatoms. The van der Waals surface area contributed by atoms with Crippen LogP contribution in [-0.4, -0.2) is 32.4 Å². The van der Waals surface area contributed by atoms with Crippen molar-refractivity contribution < 1.29 is 24.5 Å². The smallest absolute Gasteiger partial charge is 0.335 e. The molecule has 82 valence electrons. The zero-order valence-electron chi connectivity index (χ0n) is 7.88. The lowest BCUT2D eigenvalue weighted by Gasteiger charge is -2.15. The Bertz CT molecular complexity index is 382. The van der Waals surface area contributed by atoms with Crippen molar-refractivity contribution in [3.8, 4) is 0 Å². The molecule has 0 aliphatic heterocycles. The molecule has 5 nitrogen and oxygen atoms in total. The summed E-state index contributed by atoms with van der Waals surface area (Å²) in [6.45, 7) is 1.48. The molecular formula is C9H10FNO4. The lowest BCUT2D eigenvalue weighted by Crippen LogP contribution is -2.28. The summed E-state index contributed by atoms with van der Waals surface area (Å²) in [5.41, 5.74) is 0.418. The van der Waals surface area contributed by atoms with Crippen LogP contribution >= 0.6 is 0 Å². The third-order valence-electron chi connectivity index (χ3n) is 1.99. The van der Waals surface area contributed by atoms with E-state index in [9.17, 15) is 14.3 Å². The van der Waals surface area contributed by atoms with Gasteiger partial charge in [0.25, 0.3) is 0 Å². The van der Waals surface area contributed by atoms with Crippen LogP contribution in [0.3, 0.4) is 0 Å². The van der Waals surface area contributed by atoms with Gasteiger partial charge in [0.1, 0.15) is 6.10 Å². The summed E-state index contributed by atoms with van der Waals surface area (Å²) in [6, 6.07) is 1.05. The lowest BCUT2D eigenvalue weighted by atomic mass is 10.0. The molecule has 2 atom stereocenters. The molecule has 0 bridgehead atoms. The van der Waals surface area contributed by atoms with Crippen LogP contribution in [0.25, 0.3) is 0 Å². The second-order valence-corrected chi connectivity index (χ2v) is 3.09. The fourth-order valence-electron chi connectivity index (χ4n) is 1.15. The standard InChI is InChI=1S/C9H10FNO4/c1-4-2-6(10)11-3-5(4)7(12)8(13)9(14)15/h2-3,7-8,12-13H,1H3,(H,14,15). The molecule has 0 saturated carbocycles. The molecule has 1 aromatic rings. The van der Waals surface area contributed by atoms with Gasteiger partial charge in [0.05, 0.1) is 0 Å². The molecule has 1 heterocycles. The highest BCUT2D eigenvalue weighted by atomic mass is 19.1. The molecule has 3 N–H and O–H groups in total. The van der Waals surface area contributed by atoms with Crippen molar-refractivity contribution >= 4 is 5.97 Å². The van der Waals surface area contributed by atoms with Crippen LogP contribution in [0.1, 0.15) is 17.2 Å². The van der Waals surface area contributed by atoms with E-state index in [1.165, 1.54) is 6.92 Å². The van der Waals surface area contributed by atoms with Crippen molar-refractivity contribution in [1.82, 2.24) is 4.98 Å². The number of aromatic nitrogens is 1. The van der Waals surface area contributed by atoms with Crippen molar-refractivity contribution in [2.45, 2.75) is 19.1 Å². The molecule has 0 spiro atoms. The summed E-state index contributed by atoms with van der Waals surface area (Å²) in [6.07, 6.45) is -2.56. The second kappa shape index (κ2) is 4.33. The van der Waals surface area contributed by atoms with Crippen molar-refractivity contribution in [2.24, 2.45) is 0 Å². The Labute approximate surface area is 84.8 Å². The number of aliphatic hydroxyl groups excluding tert-OH is 2. The van der Waals surface area contributed by atoms with E-state index in [2.05, 4.69) is 4.98 Å². The summed E-state index contributed by atoms with van der Waals surface area (Å²) in [4.78, 5) is 13.7. The van der Waals surface area contributed by atoms with Gasteiger partial charge in [-0.15, -0.1) is 0 Å². The molecule has 0 amide bonds. The third-order valence-corrected chi connectivity index (χ3v) is 1.99. The highest BCUT2D eigenvalue weighted by Crippen LogP contribution is 2.20. The predicted octanol–water partition coefficient (Wildman–Crippen LogP) is 0.00802. The Kier molecular flexibility index (Phi) is 3.33. The minimum atomic E-state index is -1.95. The van der Waals surface area contributed by atoms with Gasteiger partial charge in [-0.3, -0.25) is 0 Å². The lowest BCUT2D eigenvalue weighted by molar-refractivity contribution is -0.153. The van der Waals surface area contributed by atoms with Crippen LogP contribution in [0.4, 0.5) is 4.39 Å². The van der Waals surface area contributed by atoms with Crippen molar-refractivity contribution in [3.63, 3.8) is 0 Å². The van der Waals surface area contributed by atoms with E-state index in [0.717, 1.165) is 12.3 Å². The van der Waals surface area contributed by atoms with Crippen molar-refractivity contribution in [1.29, 1.82) is 0 Å². The fourth-order valence-corrected chi connectivity index (χ4v) is 1.15. The number of hydrogen-bond donors (Lipinski definition) is 3. The average Bonchev–Trinajstić information content (AvgIpc) is 2.15. The van der Waals surface area contributed by atoms with E-state index < -0.39 is 24.1 Å². The van der Waals surface area contributed by atoms with Gasteiger partial charge in [-0.1, -0.05) is 0 Å². The highest BCUT2D eigenvalue weighted by Gasteiger charge is 2.26. The van der Waals surface area contributed by atoms with E-state index in [1.807, 2.05) is 0 Å². The monoisotopic (exact) mass is 215 g/mol. The number of carboxylic acid groups (broad SMARTS) is 1. The molecule has 0 aliphatic rings. The summed E-state index contributed by atoms with van der Waals surface area (Å²) in [5.74, 6) is -2.28. The molecule has 0 aromatic carbocycles. The Balaban J connectivity index is 3.01. The zero-order chi connectivity index (χ0) is 11.6. The zero-order valence-corrected chi connectivity index (χ0v) is 7.88. The summed E-state index contributed by atoms with van der Waals surface area (Å²) >= 11 is 0. The molecule has 0 radical (unpaired) electrons. The Morgan fingerprint density at radius 1 is 1.53 bits per heavy atom. The van der Waals surface area contributed by atoms with Gasteiger partial charge in [0, 0.05) is 11.8 Å². The van der Waals surface area contributed by atoms with Gasteiger partial charge in [-0.2, -0.15) is 4.39 Å². The summed E-state index contributed by atoms with van der Waals surface area (Å²) < 4.78 is 12.6. The summed E-state index contributed by atoms with van der Waals surface area (Å²) in [7, 11) is 0. The normalized spacial score (nSPS) is 14.7. The third kappa shape index (κ3) is 2.48. The number of aryl methyl sites for hydroxylation is 1. The molecule has 1 aromatic heterocycles. The SMILES string of the molecule is Cc1cc(F)ncc1C(O)C(O)C(=O)O. The van der Waals surface area contributed by atoms with Crippen LogP contribution in [0.5, 0.6) is 0 Å². The van der Waals surface area contributed by atoms with E-state index in [-0.39, 0.29) is 5.56 Å². The first kappa shape index (κ1) is 11.5. The van der Waals surface area contributed by atoms with Gasteiger partial charge in [-0.25, -0.2) is 9.78 Å². The number of rotatable bonds is 3. The number of aliphatic carboxylic acids is 1. The Hall–Kier alpha value is -1.53. The van der Waals surface area contributed by atoms with E-state index in [4.69, 9.17) is 10.2 Å².